The summed E-state index contributed by atoms with van der Waals surface area (Å²) in [6.45, 7) is 0. The number of fused-ring (bicyclic) bond motifs is 6. The molecule has 4 aromatic carbocycles. The fraction of sp³-hybridized carbons (Fsp3) is 0. The summed E-state index contributed by atoms with van der Waals surface area (Å²) < 4.78 is 13.7. The first-order chi connectivity index (χ1) is 9.75. The van der Waals surface area contributed by atoms with E-state index in [2.05, 4.69) is 12.1 Å². The van der Waals surface area contributed by atoms with Gasteiger partial charge in [0.05, 0.1) is 5.02 Å². The van der Waals surface area contributed by atoms with E-state index in [4.69, 9.17) is 11.6 Å². The van der Waals surface area contributed by atoms with Crippen molar-refractivity contribution < 1.29 is 4.39 Å². The number of halogens is 2. The van der Waals surface area contributed by atoms with Gasteiger partial charge in [0, 0.05) is 5.39 Å². The maximum atomic E-state index is 13.7. The number of hydrogen-bond donors (Lipinski definition) is 0. The molecule has 0 heterocycles. The number of rotatable bonds is 0. The van der Waals surface area contributed by atoms with Crippen molar-refractivity contribution in [2.24, 2.45) is 0 Å². The molecule has 0 N–H and O–H groups in total. The molecular formula is C18H10ClF. The second-order valence-corrected chi connectivity index (χ2v) is 5.31. The van der Waals surface area contributed by atoms with Crippen LogP contribution in [0, 0.1) is 5.82 Å². The van der Waals surface area contributed by atoms with Crippen LogP contribution >= 0.6 is 11.6 Å². The minimum Gasteiger partial charge on any atom is -0.207 e. The molecule has 0 saturated carbocycles. The third kappa shape index (κ3) is 1.53. The van der Waals surface area contributed by atoms with Crippen LogP contribution in [0.15, 0.2) is 60.7 Å². The second-order valence-electron chi connectivity index (χ2n) is 4.90. The van der Waals surface area contributed by atoms with Crippen LogP contribution in [0.5, 0.6) is 0 Å². The number of hydrogen-bond acceptors (Lipinski definition) is 0. The van der Waals surface area contributed by atoms with Gasteiger partial charge in [0.15, 0.2) is 0 Å². The molecule has 0 aliphatic heterocycles. The molecule has 0 amide bonds. The summed E-state index contributed by atoms with van der Waals surface area (Å²) in [5.74, 6) is -0.303. The second kappa shape index (κ2) is 4.19. The van der Waals surface area contributed by atoms with E-state index in [9.17, 15) is 4.39 Å². The summed E-state index contributed by atoms with van der Waals surface area (Å²) in [5, 5.41) is 6.60. The zero-order chi connectivity index (χ0) is 13.7. The van der Waals surface area contributed by atoms with E-state index in [1.54, 1.807) is 6.07 Å². The minimum atomic E-state index is -0.303. The van der Waals surface area contributed by atoms with E-state index in [1.807, 2.05) is 36.4 Å². The number of benzene rings is 4. The lowest BCUT2D eigenvalue weighted by Crippen LogP contribution is -1.85. The molecule has 0 spiro atoms. The fourth-order valence-corrected chi connectivity index (χ4v) is 3.26. The minimum absolute atomic E-state index is 0.303. The van der Waals surface area contributed by atoms with E-state index in [0.29, 0.717) is 5.02 Å². The molecular weight excluding hydrogens is 271 g/mol. The van der Waals surface area contributed by atoms with Crippen molar-refractivity contribution in [2.45, 2.75) is 0 Å². The molecule has 4 aromatic rings. The highest BCUT2D eigenvalue weighted by atomic mass is 35.5. The van der Waals surface area contributed by atoms with Crippen LogP contribution in [-0.2, 0) is 0 Å². The SMILES string of the molecule is Fc1cc(Cl)c2c3ccccc3c3ccccc3c2c1. The summed E-state index contributed by atoms with van der Waals surface area (Å²) in [7, 11) is 0. The van der Waals surface area contributed by atoms with Gasteiger partial charge in [0.25, 0.3) is 0 Å². The van der Waals surface area contributed by atoms with Gasteiger partial charge >= 0.3 is 0 Å². The van der Waals surface area contributed by atoms with E-state index >= 15 is 0 Å². The smallest absolute Gasteiger partial charge is 0.125 e. The standard InChI is InChI=1S/C18H10ClF/c19-17-10-11(20)9-16-14-7-2-1-5-12(14)13-6-3-4-8-15(13)18(16)17/h1-10H. The normalized spacial score (nSPS) is 11.5. The van der Waals surface area contributed by atoms with E-state index in [-0.39, 0.29) is 5.82 Å². The van der Waals surface area contributed by atoms with Gasteiger partial charge in [-0.2, -0.15) is 0 Å². The monoisotopic (exact) mass is 280 g/mol. The van der Waals surface area contributed by atoms with Crippen LogP contribution in [0.4, 0.5) is 4.39 Å². The van der Waals surface area contributed by atoms with Gasteiger partial charge in [0.1, 0.15) is 5.82 Å². The predicted octanol–water partition coefficient (Wildman–Crippen LogP) is 5.94. The van der Waals surface area contributed by atoms with Crippen molar-refractivity contribution >= 4 is 43.9 Å². The van der Waals surface area contributed by atoms with E-state index in [0.717, 1.165) is 32.3 Å². The summed E-state index contributed by atoms with van der Waals surface area (Å²) in [6.07, 6.45) is 0. The molecule has 0 bridgehead atoms. The Morgan fingerprint density at radius 3 is 1.80 bits per heavy atom. The molecule has 0 atom stereocenters. The van der Waals surface area contributed by atoms with Crippen LogP contribution < -0.4 is 0 Å². The molecule has 0 aliphatic carbocycles. The van der Waals surface area contributed by atoms with Crippen molar-refractivity contribution in [3.63, 3.8) is 0 Å². The van der Waals surface area contributed by atoms with Gasteiger partial charge in [-0.25, -0.2) is 4.39 Å². The van der Waals surface area contributed by atoms with Crippen LogP contribution in [-0.4, -0.2) is 0 Å². The van der Waals surface area contributed by atoms with Gasteiger partial charge in [-0.05, 0) is 39.1 Å². The first-order valence-corrected chi connectivity index (χ1v) is 6.82. The average Bonchev–Trinajstić information content (AvgIpc) is 2.47. The van der Waals surface area contributed by atoms with Crippen molar-refractivity contribution in [3.8, 4) is 0 Å². The van der Waals surface area contributed by atoms with Crippen LogP contribution in [0.1, 0.15) is 0 Å². The Morgan fingerprint density at radius 1 is 0.650 bits per heavy atom. The van der Waals surface area contributed by atoms with E-state index in [1.165, 1.54) is 6.07 Å². The summed E-state index contributed by atoms with van der Waals surface area (Å²) in [5.41, 5.74) is 0. The predicted molar refractivity (Wildman–Crippen MR) is 83.9 cm³/mol. The van der Waals surface area contributed by atoms with Gasteiger partial charge in [-0.3, -0.25) is 0 Å². The van der Waals surface area contributed by atoms with Gasteiger partial charge < -0.3 is 0 Å². The zero-order valence-corrected chi connectivity index (χ0v) is 11.3. The topological polar surface area (TPSA) is 0 Å². The summed E-state index contributed by atoms with van der Waals surface area (Å²) >= 11 is 6.30. The largest absolute Gasteiger partial charge is 0.207 e. The van der Waals surface area contributed by atoms with Crippen molar-refractivity contribution in [1.29, 1.82) is 0 Å². The van der Waals surface area contributed by atoms with Gasteiger partial charge in [0.2, 0.25) is 0 Å². The molecule has 96 valence electrons. The first-order valence-electron chi connectivity index (χ1n) is 6.44. The Hall–Kier alpha value is -2.12. The van der Waals surface area contributed by atoms with Crippen molar-refractivity contribution in [1.82, 2.24) is 0 Å². The van der Waals surface area contributed by atoms with Crippen molar-refractivity contribution in [3.05, 3.63) is 71.5 Å². The highest BCUT2D eigenvalue weighted by Gasteiger charge is 2.11. The Morgan fingerprint density at radius 2 is 1.15 bits per heavy atom. The van der Waals surface area contributed by atoms with Crippen molar-refractivity contribution in [2.75, 3.05) is 0 Å². The Kier molecular flexibility index (Phi) is 2.45. The lowest BCUT2D eigenvalue weighted by atomic mass is 9.94. The van der Waals surface area contributed by atoms with Gasteiger partial charge in [-0.1, -0.05) is 60.1 Å². The zero-order valence-electron chi connectivity index (χ0n) is 10.5. The highest BCUT2D eigenvalue weighted by molar-refractivity contribution is 6.40. The Balaban J connectivity index is 2.46. The third-order valence-corrected chi connectivity index (χ3v) is 4.06. The average molecular weight is 281 g/mol. The molecule has 0 radical (unpaired) electrons. The first kappa shape index (κ1) is 11.7. The highest BCUT2D eigenvalue weighted by Crippen LogP contribution is 2.38. The van der Waals surface area contributed by atoms with Crippen LogP contribution in [0.3, 0.4) is 0 Å². The van der Waals surface area contributed by atoms with E-state index < -0.39 is 0 Å². The van der Waals surface area contributed by atoms with Gasteiger partial charge in [-0.15, -0.1) is 0 Å². The lowest BCUT2D eigenvalue weighted by Gasteiger charge is -2.11. The molecule has 0 nitrogen and oxygen atoms in total. The molecule has 2 heteroatoms. The quantitative estimate of drug-likeness (QED) is 0.350. The fourth-order valence-electron chi connectivity index (χ4n) is 2.95. The third-order valence-electron chi connectivity index (χ3n) is 3.76. The Labute approximate surface area is 120 Å². The molecule has 0 saturated heterocycles. The molecule has 20 heavy (non-hydrogen) atoms. The molecule has 0 fully saturated rings. The van der Waals surface area contributed by atoms with Crippen LogP contribution in [0.25, 0.3) is 32.3 Å². The lowest BCUT2D eigenvalue weighted by molar-refractivity contribution is 0.630. The summed E-state index contributed by atoms with van der Waals surface area (Å²) in [6, 6.07) is 19.1. The molecule has 0 aliphatic rings. The van der Waals surface area contributed by atoms with Crippen LogP contribution in [0.2, 0.25) is 5.02 Å². The maximum absolute atomic E-state index is 13.7. The molecule has 0 unspecified atom stereocenters. The molecule has 0 aromatic heterocycles. The summed E-state index contributed by atoms with van der Waals surface area (Å²) in [4.78, 5) is 0. The Bertz CT molecular complexity index is 973. The maximum Gasteiger partial charge on any atom is 0.125 e. The molecule has 4 rings (SSSR count).